The Morgan fingerprint density at radius 3 is 1.09 bits per heavy atom. The Kier molecular flexibility index (Phi) is 57.2. The van der Waals surface area contributed by atoms with Crippen molar-refractivity contribution in [3.63, 3.8) is 0 Å². The second kappa shape index (κ2) is 59.5. The largest absolute Gasteiger partial charge is 0.756 e. The van der Waals surface area contributed by atoms with Crippen LogP contribution in [-0.2, 0) is 32.7 Å². The summed E-state index contributed by atoms with van der Waals surface area (Å²) in [5.74, 6) is -0.834. The number of phosphoric acid groups is 1. The highest BCUT2D eigenvalue weighted by molar-refractivity contribution is 7.45. The van der Waals surface area contributed by atoms with Gasteiger partial charge in [0.1, 0.15) is 19.8 Å². The molecule has 456 valence electrons. The number of nitrogens with zero attached hydrogens (tertiary/aromatic N) is 1. The molecule has 0 spiro atoms. The third-order valence-electron chi connectivity index (χ3n) is 13.8. The Morgan fingerprint density at radius 2 is 0.722 bits per heavy atom. The van der Waals surface area contributed by atoms with Crippen LogP contribution in [-0.4, -0.2) is 70.0 Å². The monoisotopic (exact) mass is 1120 g/mol. The van der Waals surface area contributed by atoms with Gasteiger partial charge in [0.15, 0.2) is 6.10 Å². The van der Waals surface area contributed by atoms with Crippen LogP contribution in [0.2, 0.25) is 0 Å². The van der Waals surface area contributed by atoms with Gasteiger partial charge in [-0.15, -0.1) is 0 Å². The zero-order valence-electron chi connectivity index (χ0n) is 51.8. The number of unbranched alkanes of at least 4 members (excludes halogenated alkanes) is 29. The highest BCUT2D eigenvalue weighted by atomic mass is 31.2. The summed E-state index contributed by atoms with van der Waals surface area (Å²) in [7, 11) is 1.16. The lowest BCUT2D eigenvalue weighted by Gasteiger charge is -2.28. The molecule has 10 heteroatoms. The number of carbonyl (C=O) groups is 2. The van der Waals surface area contributed by atoms with Crippen LogP contribution in [0.5, 0.6) is 0 Å². The molecular formula is C69H122NO8P. The minimum Gasteiger partial charge on any atom is -0.756 e. The quantitative estimate of drug-likeness (QED) is 0.0195. The number of rotatable bonds is 59. The molecule has 0 rings (SSSR count). The summed E-state index contributed by atoms with van der Waals surface area (Å²) < 4.78 is 34.2. The van der Waals surface area contributed by atoms with Crippen molar-refractivity contribution in [3.8, 4) is 0 Å². The lowest BCUT2D eigenvalue weighted by Crippen LogP contribution is -2.37. The van der Waals surface area contributed by atoms with Gasteiger partial charge in [-0.2, -0.15) is 0 Å². The Hall–Kier alpha value is -3.07. The van der Waals surface area contributed by atoms with Crippen LogP contribution >= 0.6 is 7.82 Å². The van der Waals surface area contributed by atoms with Crippen LogP contribution in [0.3, 0.4) is 0 Å². The van der Waals surface area contributed by atoms with Crippen LogP contribution in [0.15, 0.2) is 97.2 Å². The minimum absolute atomic E-state index is 0.0336. The molecule has 0 aromatic carbocycles. The molecule has 2 atom stereocenters. The van der Waals surface area contributed by atoms with E-state index in [-0.39, 0.29) is 32.0 Å². The van der Waals surface area contributed by atoms with Gasteiger partial charge in [0.25, 0.3) is 7.82 Å². The number of likely N-dealkylation sites (N-methyl/N-ethyl adjacent to an activating group) is 1. The molecule has 0 radical (unpaired) electrons. The Balaban J connectivity index is 4.05. The van der Waals surface area contributed by atoms with Crippen molar-refractivity contribution in [3.05, 3.63) is 97.2 Å². The van der Waals surface area contributed by atoms with E-state index in [1.807, 2.05) is 21.1 Å². The third kappa shape index (κ3) is 64.0. The standard InChI is InChI=1S/C69H122NO8P/c1-6-8-10-12-14-16-18-20-22-24-26-27-28-29-30-31-32-33-34-35-36-37-38-39-40-41-42-43-44-46-48-50-52-54-56-58-60-62-69(72)78-67(66-77-79(73,74)76-64-63-70(3,4)5)65-75-68(71)61-59-57-55-53-51-49-47-45-25-23-21-19-17-15-13-11-9-7-2/h8,10,14,16,20,22-23,25-27,29-30,32-33,35-36,67H,6-7,9,11-13,15,17-19,21,24,28,31,34,37-66H2,1-5H3/b10-8-,16-14-,22-20-,25-23-,27-26-,30-29-,33-32-,36-35-. The van der Waals surface area contributed by atoms with Crippen LogP contribution in [0.4, 0.5) is 0 Å². The predicted molar refractivity (Wildman–Crippen MR) is 337 cm³/mol. The van der Waals surface area contributed by atoms with Crippen molar-refractivity contribution in [2.75, 3.05) is 47.5 Å². The van der Waals surface area contributed by atoms with Crippen molar-refractivity contribution >= 4 is 19.8 Å². The van der Waals surface area contributed by atoms with Gasteiger partial charge >= 0.3 is 11.9 Å². The summed E-state index contributed by atoms with van der Waals surface area (Å²) in [5.41, 5.74) is 0. The lowest BCUT2D eigenvalue weighted by atomic mass is 10.0. The van der Waals surface area contributed by atoms with Crippen LogP contribution in [0.1, 0.15) is 277 Å². The smallest absolute Gasteiger partial charge is 0.306 e. The van der Waals surface area contributed by atoms with E-state index in [2.05, 4.69) is 111 Å². The SMILES string of the molecule is CC/C=C\C/C=C\C/C=C\C/C=C\C/C=C\C/C=C\C/C=C\CCCCCCCCCCCCCCCCCC(=O)OC(COC(=O)CCCCCCCCC/C=C\CCCCCCCCC)COP(=O)([O-])OCC[N+](C)(C)C. The summed E-state index contributed by atoms with van der Waals surface area (Å²) in [5, 5.41) is 0. The minimum atomic E-state index is -4.64. The van der Waals surface area contributed by atoms with Crippen molar-refractivity contribution < 1.29 is 42.1 Å². The van der Waals surface area contributed by atoms with Gasteiger partial charge in [0.2, 0.25) is 0 Å². The first kappa shape index (κ1) is 75.9. The molecule has 0 aliphatic rings. The summed E-state index contributed by atoms with van der Waals surface area (Å²) in [6.07, 6.45) is 81.8. The maximum atomic E-state index is 12.8. The number of phosphoric ester groups is 1. The molecule has 0 N–H and O–H groups in total. The molecule has 0 fully saturated rings. The summed E-state index contributed by atoms with van der Waals surface area (Å²) in [6.45, 7) is 4.14. The van der Waals surface area contributed by atoms with Gasteiger partial charge in [-0.05, 0) is 96.3 Å². The fraction of sp³-hybridized carbons (Fsp3) is 0.739. The molecule has 0 heterocycles. The van der Waals surface area contributed by atoms with Crippen molar-refractivity contribution in [2.45, 2.75) is 283 Å². The zero-order chi connectivity index (χ0) is 57.7. The first-order chi connectivity index (χ1) is 38.5. The van der Waals surface area contributed by atoms with Crippen molar-refractivity contribution in [1.82, 2.24) is 0 Å². The van der Waals surface area contributed by atoms with E-state index in [4.69, 9.17) is 18.5 Å². The van der Waals surface area contributed by atoms with E-state index >= 15 is 0 Å². The van der Waals surface area contributed by atoms with Gasteiger partial charge in [-0.3, -0.25) is 14.2 Å². The highest BCUT2D eigenvalue weighted by Crippen LogP contribution is 2.38. The number of ether oxygens (including phenoxy) is 2. The Bertz CT molecular complexity index is 1650. The average Bonchev–Trinajstić information content (AvgIpc) is 3.41. The average molecular weight is 1120 g/mol. The number of esters is 2. The van der Waals surface area contributed by atoms with E-state index in [0.717, 1.165) is 96.3 Å². The first-order valence-electron chi connectivity index (χ1n) is 32.4. The van der Waals surface area contributed by atoms with Gasteiger partial charge < -0.3 is 27.9 Å². The zero-order valence-corrected chi connectivity index (χ0v) is 52.7. The molecule has 9 nitrogen and oxygen atoms in total. The maximum Gasteiger partial charge on any atom is 0.306 e. The van der Waals surface area contributed by atoms with E-state index in [0.29, 0.717) is 17.4 Å². The number of hydrogen-bond donors (Lipinski definition) is 0. The molecule has 0 saturated carbocycles. The fourth-order valence-corrected chi connectivity index (χ4v) is 9.60. The summed E-state index contributed by atoms with van der Waals surface area (Å²) >= 11 is 0. The second-order valence-electron chi connectivity index (χ2n) is 22.7. The van der Waals surface area contributed by atoms with Crippen LogP contribution < -0.4 is 4.89 Å². The second-order valence-corrected chi connectivity index (χ2v) is 24.2. The van der Waals surface area contributed by atoms with Gasteiger partial charge in [-0.25, -0.2) is 0 Å². The van der Waals surface area contributed by atoms with E-state index < -0.39 is 26.5 Å². The molecule has 0 bridgehead atoms. The van der Waals surface area contributed by atoms with Crippen molar-refractivity contribution in [2.24, 2.45) is 0 Å². The van der Waals surface area contributed by atoms with Crippen molar-refractivity contribution in [1.29, 1.82) is 0 Å². The lowest BCUT2D eigenvalue weighted by molar-refractivity contribution is -0.870. The van der Waals surface area contributed by atoms with Gasteiger partial charge in [0.05, 0.1) is 27.7 Å². The normalized spacial score (nSPS) is 13.8. The number of carbonyl (C=O) groups excluding carboxylic acids is 2. The molecule has 0 aliphatic heterocycles. The number of hydrogen-bond acceptors (Lipinski definition) is 8. The number of quaternary nitrogens is 1. The Labute approximate surface area is 487 Å². The molecule has 0 amide bonds. The van der Waals surface area contributed by atoms with E-state index in [9.17, 15) is 19.0 Å². The number of allylic oxidation sites excluding steroid dienone is 16. The predicted octanol–water partition coefficient (Wildman–Crippen LogP) is 20.1. The van der Waals surface area contributed by atoms with Crippen LogP contribution in [0.25, 0.3) is 0 Å². The molecule has 0 aliphatic carbocycles. The Morgan fingerprint density at radius 1 is 0.405 bits per heavy atom. The van der Waals surface area contributed by atoms with Gasteiger partial charge in [0, 0.05) is 12.8 Å². The van der Waals surface area contributed by atoms with E-state index in [1.54, 1.807) is 0 Å². The van der Waals surface area contributed by atoms with Gasteiger partial charge in [-0.1, -0.05) is 265 Å². The summed E-state index contributed by atoms with van der Waals surface area (Å²) in [4.78, 5) is 37.9. The van der Waals surface area contributed by atoms with E-state index in [1.165, 1.54) is 148 Å². The topological polar surface area (TPSA) is 111 Å². The molecular weight excluding hydrogens is 1000 g/mol. The van der Waals surface area contributed by atoms with Crippen LogP contribution in [0, 0.1) is 0 Å². The molecule has 2 unspecified atom stereocenters. The molecule has 0 aromatic heterocycles. The third-order valence-corrected chi connectivity index (χ3v) is 14.8. The first-order valence-corrected chi connectivity index (χ1v) is 33.9. The fourth-order valence-electron chi connectivity index (χ4n) is 8.87. The highest BCUT2D eigenvalue weighted by Gasteiger charge is 2.22. The molecule has 0 saturated heterocycles. The maximum absolute atomic E-state index is 12.8. The summed E-state index contributed by atoms with van der Waals surface area (Å²) in [6, 6.07) is 0. The molecule has 79 heavy (non-hydrogen) atoms. The molecule has 0 aromatic rings.